The topological polar surface area (TPSA) is 38.3 Å². The lowest BCUT2D eigenvalue weighted by Crippen LogP contribution is -2.25. The van der Waals surface area contributed by atoms with Crippen LogP contribution in [0.2, 0.25) is 0 Å². The Morgan fingerprint density at radius 1 is 0.921 bits per heavy atom. The van der Waals surface area contributed by atoms with Crippen LogP contribution in [0.5, 0.6) is 10.8 Å². The number of ether oxygens (including phenoxy) is 1. The summed E-state index contributed by atoms with van der Waals surface area (Å²) in [7, 11) is 0. The molecule has 0 aliphatic carbocycles. The average Bonchev–Trinajstić information content (AvgIpc) is 3.45. The van der Waals surface area contributed by atoms with E-state index in [1.807, 2.05) is 66.0 Å². The average molecular weight is 528 g/mol. The summed E-state index contributed by atoms with van der Waals surface area (Å²) in [6.07, 6.45) is 2.64. The standard InChI is InChI=1S/C32H27F2NO2S/c1-2-3-10-26-27(22-8-5-4-6-9-22)19-23-18-24(37-30-11-7-16-38-30)13-14-25(23)31(26)32(36)35-20-21-12-15-28(33)29(34)17-21/h4-9,11-19H,2-3,10,20H2,1H3,(H,35,36). The van der Waals surface area contributed by atoms with Gasteiger partial charge in [-0.3, -0.25) is 4.79 Å². The molecule has 38 heavy (non-hydrogen) atoms. The molecule has 0 radical (unpaired) electrons. The van der Waals surface area contributed by atoms with Gasteiger partial charge in [0.1, 0.15) is 5.75 Å². The van der Waals surface area contributed by atoms with Crippen molar-refractivity contribution in [2.75, 3.05) is 0 Å². The first kappa shape index (κ1) is 25.6. The van der Waals surface area contributed by atoms with Gasteiger partial charge in [0.15, 0.2) is 16.7 Å². The zero-order valence-electron chi connectivity index (χ0n) is 21.0. The summed E-state index contributed by atoms with van der Waals surface area (Å²) in [5.41, 5.74) is 4.08. The molecule has 1 aromatic heterocycles. The van der Waals surface area contributed by atoms with Gasteiger partial charge in [0.05, 0.1) is 5.56 Å². The monoisotopic (exact) mass is 527 g/mol. The van der Waals surface area contributed by atoms with Gasteiger partial charge >= 0.3 is 0 Å². The predicted octanol–water partition coefficient (Wildman–Crippen LogP) is 8.91. The van der Waals surface area contributed by atoms with Gasteiger partial charge in [-0.25, -0.2) is 8.78 Å². The van der Waals surface area contributed by atoms with Crippen molar-refractivity contribution in [1.82, 2.24) is 5.32 Å². The molecule has 0 atom stereocenters. The van der Waals surface area contributed by atoms with Crippen molar-refractivity contribution in [3.63, 3.8) is 0 Å². The highest BCUT2D eigenvalue weighted by Crippen LogP contribution is 2.37. The van der Waals surface area contributed by atoms with E-state index in [-0.39, 0.29) is 12.5 Å². The Hall–Kier alpha value is -4.03. The van der Waals surface area contributed by atoms with E-state index in [1.165, 1.54) is 17.4 Å². The van der Waals surface area contributed by atoms with E-state index in [2.05, 4.69) is 18.3 Å². The van der Waals surface area contributed by atoms with Crippen molar-refractivity contribution in [2.45, 2.75) is 32.7 Å². The molecule has 6 heteroatoms. The number of unbranched alkanes of at least 4 members (excludes halogenated alkanes) is 1. The largest absolute Gasteiger partial charge is 0.447 e. The van der Waals surface area contributed by atoms with Crippen LogP contribution < -0.4 is 10.1 Å². The van der Waals surface area contributed by atoms with Gasteiger partial charge in [-0.2, -0.15) is 0 Å². The molecule has 5 aromatic rings. The van der Waals surface area contributed by atoms with Crippen molar-refractivity contribution in [3.8, 4) is 21.9 Å². The molecular weight excluding hydrogens is 500 g/mol. The van der Waals surface area contributed by atoms with E-state index in [1.54, 1.807) is 0 Å². The molecule has 0 unspecified atom stereocenters. The van der Waals surface area contributed by atoms with E-state index < -0.39 is 11.6 Å². The molecule has 5 rings (SSSR count). The quantitative estimate of drug-likeness (QED) is 0.208. The summed E-state index contributed by atoms with van der Waals surface area (Å²) >= 11 is 1.51. The maximum atomic E-state index is 13.8. The number of fused-ring (bicyclic) bond motifs is 1. The van der Waals surface area contributed by atoms with Gasteiger partial charge < -0.3 is 10.1 Å². The van der Waals surface area contributed by atoms with Crippen LogP contribution in [-0.4, -0.2) is 5.91 Å². The Labute approximate surface area is 224 Å². The molecule has 1 N–H and O–H groups in total. The summed E-state index contributed by atoms with van der Waals surface area (Å²) in [5, 5.41) is 7.39. The fraction of sp³-hybridized carbons (Fsp3) is 0.156. The number of hydrogen-bond acceptors (Lipinski definition) is 3. The molecule has 0 spiro atoms. The zero-order chi connectivity index (χ0) is 26.5. The van der Waals surface area contributed by atoms with Crippen molar-refractivity contribution in [2.24, 2.45) is 0 Å². The molecule has 1 amide bonds. The van der Waals surface area contributed by atoms with Crippen LogP contribution in [-0.2, 0) is 13.0 Å². The Morgan fingerprint density at radius 3 is 2.50 bits per heavy atom. The van der Waals surface area contributed by atoms with E-state index in [9.17, 15) is 13.6 Å². The number of carbonyl (C=O) groups is 1. The minimum atomic E-state index is -0.935. The molecule has 0 saturated carbocycles. The number of benzene rings is 4. The van der Waals surface area contributed by atoms with E-state index in [0.29, 0.717) is 16.9 Å². The normalized spacial score (nSPS) is 11.0. The number of halogens is 2. The molecule has 4 aromatic carbocycles. The molecule has 0 fully saturated rings. The molecule has 0 bridgehead atoms. The Balaban J connectivity index is 1.61. The van der Waals surface area contributed by atoms with Gasteiger partial charge in [-0.05, 0) is 99.8 Å². The van der Waals surface area contributed by atoms with Gasteiger partial charge in [0.2, 0.25) is 0 Å². The first-order valence-electron chi connectivity index (χ1n) is 12.6. The third kappa shape index (κ3) is 5.60. The fourth-order valence-corrected chi connectivity index (χ4v) is 5.19. The minimum Gasteiger partial charge on any atom is -0.447 e. The molecule has 3 nitrogen and oxygen atoms in total. The summed E-state index contributed by atoms with van der Waals surface area (Å²) in [5.74, 6) is -1.41. The van der Waals surface area contributed by atoms with E-state index in [4.69, 9.17) is 4.74 Å². The van der Waals surface area contributed by atoms with Gasteiger partial charge in [-0.15, -0.1) is 11.3 Å². The maximum Gasteiger partial charge on any atom is 0.252 e. The lowest BCUT2D eigenvalue weighted by molar-refractivity contribution is 0.0951. The third-order valence-corrected chi connectivity index (χ3v) is 7.21. The Morgan fingerprint density at radius 2 is 1.76 bits per heavy atom. The number of carbonyl (C=O) groups excluding carboxylic acids is 1. The lowest BCUT2D eigenvalue weighted by atomic mass is 9.87. The summed E-state index contributed by atoms with van der Waals surface area (Å²) in [6.45, 7) is 2.21. The number of hydrogen-bond donors (Lipinski definition) is 1. The van der Waals surface area contributed by atoms with Crippen molar-refractivity contribution in [3.05, 3.63) is 119 Å². The Kier molecular flexibility index (Phi) is 7.80. The van der Waals surface area contributed by atoms with Crippen LogP contribution in [0.25, 0.3) is 21.9 Å². The van der Waals surface area contributed by atoms with Crippen molar-refractivity contribution < 1.29 is 18.3 Å². The van der Waals surface area contributed by atoms with Gasteiger partial charge in [0.25, 0.3) is 5.91 Å². The molecule has 0 aliphatic heterocycles. The fourth-order valence-electron chi connectivity index (χ4n) is 4.60. The summed E-state index contributed by atoms with van der Waals surface area (Å²) in [6, 6.07) is 25.4. The van der Waals surface area contributed by atoms with E-state index in [0.717, 1.165) is 63.9 Å². The highest BCUT2D eigenvalue weighted by molar-refractivity contribution is 7.11. The Bertz CT molecular complexity index is 1570. The smallest absolute Gasteiger partial charge is 0.252 e. The number of amides is 1. The highest BCUT2D eigenvalue weighted by Gasteiger charge is 2.21. The molecule has 0 saturated heterocycles. The van der Waals surface area contributed by atoms with Gasteiger partial charge in [0, 0.05) is 6.54 Å². The van der Waals surface area contributed by atoms with Crippen LogP contribution >= 0.6 is 11.3 Å². The van der Waals surface area contributed by atoms with Crippen LogP contribution in [0.4, 0.5) is 8.78 Å². The number of nitrogens with one attached hydrogen (secondary N) is 1. The number of rotatable bonds is 9. The first-order valence-corrected chi connectivity index (χ1v) is 13.5. The van der Waals surface area contributed by atoms with Crippen LogP contribution in [0.3, 0.4) is 0 Å². The molecular formula is C32H27F2NO2S. The van der Waals surface area contributed by atoms with Crippen LogP contribution in [0.15, 0.2) is 90.3 Å². The summed E-state index contributed by atoms with van der Waals surface area (Å²) in [4.78, 5) is 13.8. The molecule has 192 valence electrons. The van der Waals surface area contributed by atoms with Crippen LogP contribution in [0.1, 0.15) is 41.3 Å². The van der Waals surface area contributed by atoms with Crippen LogP contribution in [0, 0.1) is 11.6 Å². The first-order chi connectivity index (χ1) is 18.5. The van der Waals surface area contributed by atoms with Crippen molar-refractivity contribution in [1.29, 1.82) is 0 Å². The second kappa shape index (κ2) is 11.6. The second-order valence-electron chi connectivity index (χ2n) is 9.10. The SMILES string of the molecule is CCCCc1c(-c2ccccc2)cc2cc(Oc3cccs3)ccc2c1C(=O)NCc1ccc(F)c(F)c1. The van der Waals surface area contributed by atoms with E-state index >= 15 is 0 Å². The van der Waals surface area contributed by atoms with Crippen molar-refractivity contribution >= 4 is 28.0 Å². The number of thiophene rings is 1. The lowest BCUT2D eigenvalue weighted by Gasteiger charge is -2.19. The maximum absolute atomic E-state index is 13.8. The molecule has 0 aliphatic rings. The highest BCUT2D eigenvalue weighted by atomic mass is 32.1. The zero-order valence-corrected chi connectivity index (χ0v) is 21.8. The second-order valence-corrected chi connectivity index (χ2v) is 10.0. The third-order valence-electron chi connectivity index (χ3n) is 6.46. The predicted molar refractivity (Wildman–Crippen MR) is 150 cm³/mol. The molecule has 1 heterocycles. The minimum absolute atomic E-state index is 0.0832. The summed E-state index contributed by atoms with van der Waals surface area (Å²) < 4.78 is 33.2. The van der Waals surface area contributed by atoms with Gasteiger partial charge in [-0.1, -0.05) is 49.7 Å².